The predicted molar refractivity (Wildman–Crippen MR) is 87.5 cm³/mol. The first-order valence-electron chi connectivity index (χ1n) is 7.03. The minimum Gasteiger partial charge on any atom is -0.366 e. The Morgan fingerprint density at radius 3 is 2.54 bits per heavy atom. The number of hydrogen-bond donors (Lipinski definition) is 1. The third-order valence-electron chi connectivity index (χ3n) is 3.29. The van der Waals surface area contributed by atoms with Crippen LogP contribution in [-0.2, 0) is 9.84 Å². The minimum absolute atomic E-state index is 0.0423. The van der Waals surface area contributed by atoms with Crippen molar-refractivity contribution >= 4 is 15.7 Å². The monoisotopic (exact) mass is 356 g/mol. The van der Waals surface area contributed by atoms with Gasteiger partial charge >= 0.3 is 0 Å². The Bertz CT molecular complexity index is 858. The highest BCUT2D eigenvalue weighted by Gasteiger charge is 2.22. The molecule has 2 aromatic heterocycles. The molecule has 0 fully saturated rings. The number of pyridine rings is 1. The zero-order valence-electron chi connectivity index (χ0n) is 13.5. The molecule has 1 N–H and O–H groups in total. The Morgan fingerprint density at radius 1 is 1.42 bits per heavy atom. The molecule has 0 spiro atoms. The molecule has 0 saturated heterocycles. The van der Waals surface area contributed by atoms with Gasteiger partial charge in [0.2, 0.25) is 0 Å². The molecule has 24 heavy (non-hydrogen) atoms. The van der Waals surface area contributed by atoms with Crippen LogP contribution in [0.5, 0.6) is 0 Å². The number of rotatable bonds is 6. The predicted octanol–water partition coefficient (Wildman–Crippen LogP) is 2.90. The zero-order chi connectivity index (χ0) is 18.1. The molecular formula is C15H18F2N4O2S. The van der Waals surface area contributed by atoms with Crippen molar-refractivity contribution in [2.45, 2.75) is 25.2 Å². The first-order chi connectivity index (χ1) is 11.1. The fourth-order valence-corrected chi connectivity index (χ4v) is 2.60. The first-order valence-corrected chi connectivity index (χ1v) is 8.92. The smallest absolute Gasteiger partial charge is 0.282 e. The van der Waals surface area contributed by atoms with Crippen molar-refractivity contribution in [3.63, 3.8) is 0 Å². The standard InChI is InChI=1S/C15H18F2N4O2S/c1-9(2)7-19-15-10(3)13(14(16)17)20-21(15)12-6-5-11(8-18-12)24(4,22)23/h5-6,8,14,19H,1,7H2,2-4H3. The lowest BCUT2D eigenvalue weighted by atomic mass is 10.2. The Hall–Kier alpha value is -2.29. The molecule has 0 saturated carbocycles. The highest BCUT2D eigenvalue weighted by atomic mass is 32.2. The molecule has 130 valence electrons. The number of aromatic nitrogens is 3. The molecular weight excluding hydrogens is 338 g/mol. The van der Waals surface area contributed by atoms with E-state index in [-0.39, 0.29) is 16.4 Å². The molecule has 0 aliphatic heterocycles. The van der Waals surface area contributed by atoms with Crippen molar-refractivity contribution in [3.05, 3.63) is 41.7 Å². The van der Waals surface area contributed by atoms with Gasteiger partial charge in [-0.25, -0.2) is 22.2 Å². The van der Waals surface area contributed by atoms with Gasteiger partial charge in [0.25, 0.3) is 6.43 Å². The number of sulfone groups is 1. The molecule has 0 radical (unpaired) electrons. The topological polar surface area (TPSA) is 76.9 Å². The fraction of sp³-hybridized carbons (Fsp3) is 0.333. The van der Waals surface area contributed by atoms with Gasteiger partial charge in [0.1, 0.15) is 11.5 Å². The van der Waals surface area contributed by atoms with E-state index in [1.54, 1.807) is 6.92 Å². The van der Waals surface area contributed by atoms with Gasteiger partial charge in [-0.15, -0.1) is 0 Å². The summed E-state index contributed by atoms with van der Waals surface area (Å²) >= 11 is 0. The second-order valence-corrected chi connectivity index (χ2v) is 7.52. The highest BCUT2D eigenvalue weighted by molar-refractivity contribution is 7.90. The summed E-state index contributed by atoms with van der Waals surface area (Å²) in [5.41, 5.74) is 0.773. The van der Waals surface area contributed by atoms with Crippen molar-refractivity contribution in [2.75, 3.05) is 18.1 Å². The molecule has 0 aliphatic carbocycles. The van der Waals surface area contributed by atoms with Crippen LogP contribution in [0, 0.1) is 6.92 Å². The Balaban J connectivity index is 2.51. The maximum absolute atomic E-state index is 13.1. The molecule has 0 atom stereocenters. The Labute approximate surface area is 139 Å². The Morgan fingerprint density at radius 2 is 2.08 bits per heavy atom. The normalized spacial score (nSPS) is 11.8. The molecule has 0 bridgehead atoms. The maximum Gasteiger partial charge on any atom is 0.282 e. The van der Waals surface area contributed by atoms with Crippen molar-refractivity contribution in [1.29, 1.82) is 0 Å². The zero-order valence-corrected chi connectivity index (χ0v) is 14.4. The lowest BCUT2D eigenvalue weighted by Gasteiger charge is -2.10. The van der Waals surface area contributed by atoms with Gasteiger partial charge < -0.3 is 5.32 Å². The molecule has 2 aromatic rings. The van der Waals surface area contributed by atoms with Gasteiger partial charge in [0, 0.05) is 24.6 Å². The van der Waals surface area contributed by atoms with E-state index in [1.165, 1.54) is 29.9 Å². The summed E-state index contributed by atoms with van der Waals surface area (Å²) < 4.78 is 50.5. The average Bonchev–Trinajstić information content (AvgIpc) is 2.81. The summed E-state index contributed by atoms with van der Waals surface area (Å²) in [5.74, 6) is 0.606. The van der Waals surface area contributed by atoms with Gasteiger partial charge in [-0.1, -0.05) is 12.2 Å². The number of anilines is 1. The number of hydrogen-bond acceptors (Lipinski definition) is 5. The number of nitrogens with zero attached hydrogens (tertiary/aromatic N) is 3. The van der Waals surface area contributed by atoms with Crippen molar-refractivity contribution < 1.29 is 17.2 Å². The molecule has 2 heterocycles. The summed E-state index contributed by atoms with van der Waals surface area (Å²) in [6, 6.07) is 2.78. The number of alkyl halides is 2. The van der Waals surface area contributed by atoms with Crippen molar-refractivity contribution in [1.82, 2.24) is 14.8 Å². The quantitative estimate of drug-likeness (QED) is 0.806. The van der Waals surface area contributed by atoms with E-state index >= 15 is 0 Å². The summed E-state index contributed by atoms with van der Waals surface area (Å²) in [6.45, 7) is 7.49. The number of halogens is 2. The molecule has 6 nitrogen and oxygen atoms in total. The molecule has 9 heteroatoms. The third-order valence-corrected chi connectivity index (χ3v) is 4.39. The Kier molecular flexibility index (Phi) is 5.02. The second-order valence-electron chi connectivity index (χ2n) is 5.51. The first kappa shape index (κ1) is 18.1. The van der Waals surface area contributed by atoms with Crippen LogP contribution in [-0.4, -0.2) is 36.0 Å². The van der Waals surface area contributed by atoms with Gasteiger partial charge in [-0.05, 0) is 26.0 Å². The van der Waals surface area contributed by atoms with Crippen LogP contribution in [0.25, 0.3) is 5.82 Å². The van der Waals surface area contributed by atoms with Crippen LogP contribution in [0.4, 0.5) is 14.6 Å². The van der Waals surface area contributed by atoms with Crippen LogP contribution in [0.1, 0.15) is 24.6 Å². The van der Waals surface area contributed by atoms with E-state index in [2.05, 4.69) is 22.0 Å². The van der Waals surface area contributed by atoms with Crippen LogP contribution in [0.15, 0.2) is 35.4 Å². The molecule has 0 aromatic carbocycles. The average molecular weight is 356 g/mol. The minimum atomic E-state index is -3.39. The van der Waals surface area contributed by atoms with E-state index in [0.717, 1.165) is 11.8 Å². The maximum atomic E-state index is 13.1. The van der Waals surface area contributed by atoms with Gasteiger partial charge in [0.05, 0.1) is 4.90 Å². The number of nitrogens with one attached hydrogen (secondary N) is 1. The van der Waals surface area contributed by atoms with E-state index in [1.807, 2.05) is 0 Å². The lowest BCUT2D eigenvalue weighted by Crippen LogP contribution is -2.10. The van der Waals surface area contributed by atoms with E-state index in [0.29, 0.717) is 17.9 Å². The summed E-state index contributed by atoms with van der Waals surface area (Å²) in [7, 11) is -3.39. The lowest BCUT2D eigenvalue weighted by molar-refractivity contribution is 0.144. The fourth-order valence-electron chi connectivity index (χ4n) is 2.05. The van der Waals surface area contributed by atoms with E-state index in [4.69, 9.17) is 0 Å². The summed E-state index contributed by atoms with van der Waals surface area (Å²) in [5, 5.41) is 6.92. The highest BCUT2D eigenvalue weighted by Crippen LogP contribution is 2.29. The van der Waals surface area contributed by atoms with E-state index < -0.39 is 16.3 Å². The van der Waals surface area contributed by atoms with Crippen LogP contribution in [0.2, 0.25) is 0 Å². The van der Waals surface area contributed by atoms with E-state index in [9.17, 15) is 17.2 Å². The van der Waals surface area contributed by atoms with Crippen LogP contribution >= 0.6 is 0 Å². The molecule has 0 unspecified atom stereocenters. The van der Waals surface area contributed by atoms with Crippen molar-refractivity contribution in [3.8, 4) is 5.82 Å². The second kappa shape index (κ2) is 6.68. The van der Waals surface area contributed by atoms with Gasteiger partial charge in [-0.3, -0.25) is 0 Å². The SMILES string of the molecule is C=C(C)CNc1c(C)c(C(F)F)nn1-c1ccc(S(C)(=O)=O)cn1. The van der Waals surface area contributed by atoms with Gasteiger partial charge in [-0.2, -0.15) is 9.78 Å². The van der Waals surface area contributed by atoms with Crippen molar-refractivity contribution in [2.24, 2.45) is 0 Å². The molecule has 2 rings (SSSR count). The van der Waals surface area contributed by atoms with Crippen LogP contribution in [0.3, 0.4) is 0 Å². The molecule has 0 aliphatic rings. The van der Waals surface area contributed by atoms with Crippen LogP contribution < -0.4 is 5.32 Å². The third kappa shape index (κ3) is 3.78. The summed E-state index contributed by atoms with van der Waals surface area (Å²) in [6.07, 6.45) is -0.491. The molecule has 0 amide bonds. The van der Waals surface area contributed by atoms with Gasteiger partial charge in [0.15, 0.2) is 15.7 Å². The largest absolute Gasteiger partial charge is 0.366 e. The summed E-state index contributed by atoms with van der Waals surface area (Å²) in [4.78, 5) is 4.07.